The molecule has 2 rings (SSSR count). The summed E-state index contributed by atoms with van der Waals surface area (Å²) < 4.78 is 2.46. The maximum Gasteiger partial charge on any atom is 0.263 e. The molecule has 1 N–H and O–H groups in total. The van der Waals surface area contributed by atoms with Gasteiger partial charge in [0, 0.05) is 16.4 Å². The number of benzene rings is 1. The largest absolute Gasteiger partial charge is 0.322 e. The maximum absolute atomic E-state index is 12.7. The number of halogens is 1. The van der Waals surface area contributed by atoms with Crippen LogP contribution in [0.5, 0.6) is 0 Å². The lowest BCUT2D eigenvalue weighted by Crippen LogP contribution is -2.32. The summed E-state index contributed by atoms with van der Waals surface area (Å²) in [6.07, 6.45) is 6.84. The minimum absolute atomic E-state index is 0.0902. The highest BCUT2D eigenvalue weighted by Gasteiger charge is 2.12. The van der Waals surface area contributed by atoms with Crippen molar-refractivity contribution in [2.75, 3.05) is 0 Å². The van der Waals surface area contributed by atoms with Gasteiger partial charge >= 0.3 is 0 Å². The molecule has 1 amide bonds. The van der Waals surface area contributed by atoms with Crippen LogP contribution >= 0.6 is 15.9 Å². The third-order valence-corrected chi connectivity index (χ3v) is 4.07. The van der Waals surface area contributed by atoms with E-state index in [2.05, 4.69) is 27.8 Å². The van der Waals surface area contributed by atoms with Gasteiger partial charge in [-0.3, -0.25) is 9.59 Å². The average Bonchev–Trinajstić information content (AvgIpc) is 2.60. The molecular formula is C21H21BrN2O2. The molecule has 0 radical (unpaired) electrons. The fourth-order valence-electron chi connectivity index (χ4n) is 2.28. The Morgan fingerprint density at radius 3 is 2.65 bits per heavy atom. The molecule has 26 heavy (non-hydrogen) atoms. The molecule has 4 nitrogen and oxygen atoms in total. The van der Waals surface area contributed by atoms with Gasteiger partial charge in [-0.2, -0.15) is 0 Å². The van der Waals surface area contributed by atoms with E-state index in [1.807, 2.05) is 44.2 Å². The van der Waals surface area contributed by atoms with Crippen molar-refractivity contribution in [2.45, 2.75) is 20.4 Å². The number of carbonyl (C=O) groups is 1. The van der Waals surface area contributed by atoms with E-state index in [4.69, 9.17) is 0 Å². The van der Waals surface area contributed by atoms with Crippen molar-refractivity contribution in [3.05, 3.63) is 105 Å². The molecule has 0 fully saturated rings. The SMILES string of the molecule is C=C/C(=C\C=C(C)C)NC(=O)c1cccn(Cc2cccc(Br)c2)c1=O. The van der Waals surface area contributed by atoms with Crippen LogP contribution < -0.4 is 10.9 Å². The van der Waals surface area contributed by atoms with Crippen LogP contribution in [0.1, 0.15) is 29.8 Å². The van der Waals surface area contributed by atoms with Crippen molar-refractivity contribution >= 4 is 21.8 Å². The van der Waals surface area contributed by atoms with Gasteiger partial charge in [-0.15, -0.1) is 0 Å². The van der Waals surface area contributed by atoms with E-state index in [0.29, 0.717) is 12.2 Å². The molecule has 0 bridgehead atoms. The van der Waals surface area contributed by atoms with Gasteiger partial charge in [-0.05, 0) is 55.8 Å². The van der Waals surface area contributed by atoms with Crippen LogP contribution in [-0.2, 0) is 6.54 Å². The summed E-state index contributed by atoms with van der Waals surface area (Å²) in [5.41, 5.74) is 2.35. The molecule has 5 heteroatoms. The summed E-state index contributed by atoms with van der Waals surface area (Å²) in [5.74, 6) is -0.452. The Balaban J connectivity index is 2.26. The number of aromatic nitrogens is 1. The quantitative estimate of drug-likeness (QED) is 0.713. The van der Waals surface area contributed by atoms with Crippen LogP contribution in [0.3, 0.4) is 0 Å². The Bertz CT molecular complexity index is 935. The zero-order valence-corrected chi connectivity index (χ0v) is 16.4. The zero-order chi connectivity index (χ0) is 19.1. The van der Waals surface area contributed by atoms with Gasteiger partial charge in [-0.25, -0.2) is 0 Å². The third kappa shape index (κ3) is 5.43. The van der Waals surface area contributed by atoms with Crippen LogP contribution in [0.2, 0.25) is 0 Å². The number of rotatable bonds is 6. The van der Waals surface area contributed by atoms with Crippen molar-refractivity contribution in [2.24, 2.45) is 0 Å². The van der Waals surface area contributed by atoms with Gasteiger partial charge in [0.2, 0.25) is 0 Å². The molecule has 134 valence electrons. The Morgan fingerprint density at radius 1 is 1.23 bits per heavy atom. The standard InChI is InChI=1S/C21H21BrN2O2/c1-4-18(11-10-15(2)3)23-20(25)19-9-6-12-24(21(19)26)14-16-7-5-8-17(22)13-16/h4-13H,1,14H2,2-3H3,(H,23,25)/b18-11+. The van der Waals surface area contributed by atoms with E-state index in [0.717, 1.165) is 15.6 Å². The molecular weight excluding hydrogens is 392 g/mol. The van der Waals surface area contributed by atoms with Crippen molar-refractivity contribution in [1.82, 2.24) is 9.88 Å². The predicted octanol–water partition coefficient (Wildman–Crippen LogP) is 4.43. The van der Waals surface area contributed by atoms with Gasteiger partial charge in [0.15, 0.2) is 0 Å². The van der Waals surface area contributed by atoms with Crippen molar-refractivity contribution in [3.63, 3.8) is 0 Å². The normalized spacial score (nSPS) is 11.0. The number of allylic oxidation sites excluding steroid dienone is 4. The molecule has 0 saturated heterocycles. The first kappa shape index (κ1) is 19.7. The van der Waals surface area contributed by atoms with E-state index in [9.17, 15) is 9.59 Å². The molecule has 2 aromatic rings. The van der Waals surface area contributed by atoms with E-state index in [1.165, 1.54) is 10.6 Å². The number of nitrogens with one attached hydrogen (secondary N) is 1. The van der Waals surface area contributed by atoms with E-state index >= 15 is 0 Å². The Labute approximate surface area is 161 Å². The van der Waals surface area contributed by atoms with E-state index in [-0.39, 0.29) is 11.1 Å². The Kier molecular flexibility index (Phi) is 6.92. The Hall–Kier alpha value is -2.66. The number of amides is 1. The molecule has 0 atom stereocenters. The second-order valence-electron chi connectivity index (χ2n) is 6.01. The number of hydrogen-bond donors (Lipinski definition) is 1. The van der Waals surface area contributed by atoms with Crippen LogP contribution in [0.4, 0.5) is 0 Å². The molecule has 1 heterocycles. The molecule has 0 spiro atoms. The molecule has 0 aliphatic heterocycles. The van der Waals surface area contributed by atoms with Crippen molar-refractivity contribution < 1.29 is 4.79 Å². The smallest absolute Gasteiger partial charge is 0.263 e. The molecule has 1 aromatic carbocycles. The molecule has 0 saturated carbocycles. The highest BCUT2D eigenvalue weighted by atomic mass is 79.9. The zero-order valence-electron chi connectivity index (χ0n) is 14.8. The summed E-state index contributed by atoms with van der Waals surface area (Å²) in [4.78, 5) is 25.2. The number of nitrogens with zero attached hydrogens (tertiary/aromatic N) is 1. The molecule has 0 aliphatic rings. The first-order valence-electron chi connectivity index (χ1n) is 8.13. The molecule has 1 aromatic heterocycles. The first-order valence-corrected chi connectivity index (χ1v) is 8.93. The van der Waals surface area contributed by atoms with Crippen molar-refractivity contribution in [3.8, 4) is 0 Å². The van der Waals surface area contributed by atoms with Crippen LogP contribution in [0.25, 0.3) is 0 Å². The minimum atomic E-state index is -0.452. The fraction of sp³-hybridized carbons (Fsp3) is 0.143. The number of pyridine rings is 1. The summed E-state index contributed by atoms with van der Waals surface area (Å²) in [6.45, 7) is 7.99. The van der Waals surface area contributed by atoms with Gasteiger partial charge in [0.1, 0.15) is 5.56 Å². The van der Waals surface area contributed by atoms with Gasteiger partial charge in [-0.1, -0.05) is 46.3 Å². The lowest BCUT2D eigenvalue weighted by molar-refractivity contribution is 0.0965. The summed E-state index contributed by atoms with van der Waals surface area (Å²) >= 11 is 3.42. The summed E-state index contributed by atoms with van der Waals surface area (Å²) in [7, 11) is 0. The monoisotopic (exact) mass is 412 g/mol. The van der Waals surface area contributed by atoms with Crippen LogP contribution in [0.15, 0.2) is 87.9 Å². The highest BCUT2D eigenvalue weighted by Crippen LogP contribution is 2.12. The van der Waals surface area contributed by atoms with Crippen molar-refractivity contribution in [1.29, 1.82) is 0 Å². The highest BCUT2D eigenvalue weighted by molar-refractivity contribution is 9.10. The van der Waals surface area contributed by atoms with E-state index < -0.39 is 5.91 Å². The summed E-state index contributed by atoms with van der Waals surface area (Å²) in [5, 5.41) is 2.72. The third-order valence-electron chi connectivity index (χ3n) is 3.58. The fourth-order valence-corrected chi connectivity index (χ4v) is 2.73. The predicted molar refractivity (Wildman–Crippen MR) is 109 cm³/mol. The molecule has 0 unspecified atom stereocenters. The van der Waals surface area contributed by atoms with Gasteiger partial charge in [0.25, 0.3) is 11.5 Å². The van der Waals surface area contributed by atoms with Gasteiger partial charge < -0.3 is 9.88 Å². The first-order chi connectivity index (χ1) is 12.4. The summed E-state index contributed by atoms with van der Waals surface area (Å²) in [6, 6.07) is 10.9. The Morgan fingerprint density at radius 2 is 2.00 bits per heavy atom. The lowest BCUT2D eigenvalue weighted by Gasteiger charge is -2.09. The number of carbonyl (C=O) groups excluding carboxylic acids is 1. The van der Waals surface area contributed by atoms with Crippen LogP contribution in [0, 0.1) is 0 Å². The minimum Gasteiger partial charge on any atom is -0.322 e. The van der Waals surface area contributed by atoms with E-state index in [1.54, 1.807) is 24.4 Å². The lowest BCUT2D eigenvalue weighted by atomic mass is 10.2. The van der Waals surface area contributed by atoms with Gasteiger partial charge in [0.05, 0.1) is 6.54 Å². The average molecular weight is 413 g/mol. The second kappa shape index (κ2) is 9.15. The topological polar surface area (TPSA) is 51.1 Å². The molecule has 0 aliphatic carbocycles. The van der Waals surface area contributed by atoms with Crippen LogP contribution in [-0.4, -0.2) is 10.5 Å². The maximum atomic E-state index is 12.7. The second-order valence-corrected chi connectivity index (χ2v) is 6.92. The number of hydrogen-bond acceptors (Lipinski definition) is 2.